The van der Waals surface area contributed by atoms with Crippen LogP contribution < -0.4 is 15.5 Å². The third kappa shape index (κ3) is 7.55. The molecule has 1 aliphatic heterocycles. The van der Waals surface area contributed by atoms with Crippen LogP contribution in [0, 0.1) is 17.0 Å². The van der Waals surface area contributed by atoms with Crippen LogP contribution in [0.1, 0.15) is 5.56 Å². The smallest absolute Gasteiger partial charge is 0.290 e. The minimum absolute atomic E-state index is 0.134. The van der Waals surface area contributed by atoms with E-state index < -0.39 is 0 Å². The zero-order valence-electron chi connectivity index (χ0n) is 15.9. The second-order valence-corrected chi connectivity index (χ2v) is 6.61. The molecule has 0 aliphatic carbocycles. The molecule has 0 saturated carbocycles. The van der Waals surface area contributed by atoms with Crippen LogP contribution in [0.15, 0.2) is 42.5 Å². The van der Waals surface area contributed by atoms with Crippen molar-refractivity contribution in [2.24, 2.45) is 5.73 Å². The van der Waals surface area contributed by atoms with Gasteiger partial charge in [-0.2, -0.15) is 0 Å². The van der Waals surface area contributed by atoms with Crippen molar-refractivity contribution in [2.75, 3.05) is 36.0 Å². The van der Waals surface area contributed by atoms with E-state index in [0.29, 0.717) is 0 Å². The molecule has 1 saturated heterocycles. The van der Waals surface area contributed by atoms with Gasteiger partial charge in [-0.3, -0.25) is 14.9 Å². The number of nitro benzene ring substituents is 1. The highest BCUT2D eigenvalue weighted by Crippen LogP contribution is 2.26. The fraction of sp³-hybridized carbons (Fsp3) is 0.263. The summed E-state index contributed by atoms with van der Waals surface area (Å²) in [6.45, 7) is 5.12. The van der Waals surface area contributed by atoms with Crippen molar-refractivity contribution in [2.45, 2.75) is 6.92 Å². The Labute approximate surface area is 179 Å². The highest BCUT2D eigenvalue weighted by Gasteiger charge is 2.19. The lowest BCUT2D eigenvalue weighted by Gasteiger charge is -2.37. The molecule has 1 fully saturated rings. The van der Waals surface area contributed by atoms with E-state index in [1.807, 2.05) is 25.1 Å². The monoisotopic (exact) mass is 438 g/mol. The average Bonchev–Trinajstić information content (AvgIpc) is 2.71. The fourth-order valence-corrected chi connectivity index (χ4v) is 2.98. The molecule has 0 bridgehead atoms. The van der Waals surface area contributed by atoms with E-state index in [4.69, 9.17) is 21.5 Å². The van der Waals surface area contributed by atoms with E-state index in [1.165, 1.54) is 6.07 Å². The molecule has 3 N–H and O–H groups in total. The number of halogens is 1. The Morgan fingerprint density at radius 1 is 1.14 bits per heavy atom. The predicted octanol–water partition coefficient (Wildman–Crippen LogP) is 3.49. The first-order chi connectivity index (χ1) is 13.9. The van der Waals surface area contributed by atoms with Crippen LogP contribution in [0.3, 0.4) is 0 Å². The molecule has 3 rings (SSSR count). The lowest BCUT2D eigenvalue weighted by Crippen LogP contribution is -2.46. The van der Waals surface area contributed by atoms with Crippen molar-refractivity contribution in [1.82, 2.24) is 0 Å². The molecule has 2 aromatic rings. The normalized spacial score (nSPS) is 12.6. The second-order valence-electron chi connectivity index (χ2n) is 5.93. The zero-order chi connectivity index (χ0) is 21.8. The lowest BCUT2D eigenvalue weighted by atomic mass is 10.2. The summed E-state index contributed by atoms with van der Waals surface area (Å²) >= 11 is 10.3. The fourth-order valence-electron chi connectivity index (χ4n) is 2.80. The van der Waals surface area contributed by atoms with Crippen molar-refractivity contribution >= 4 is 52.8 Å². The number of nitrogens with zero attached hydrogens (tertiary/aromatic N) is 3. The van der Waals surface area contributed by atoms with Crippen molar-refractivity contribution in [3.63, 3.8) is 0 Å². The van der Waals surface area contributed by atoms with Crippen LogP contribution in [0.5, 0.6) is 0 Å². The van der Waals surface area contributed by atoms with Gasteiger partial charge < -0.3 is 20.6 Å². The van der Waals surface area contributed by atoms with Crippen molar-refractivity contribution in [1.29, 1.82) is 0 Å². The number of hydrogen-bond acceptors (Lipinski definition) is 6. The molecule has 0 unspecified atom stereocenters. The number of anilines is 2. The number of carboxylic acid groups (broad SMARTS) is 1. The van der Waals surface area contributed by atoms with Crippen LogP contribution in [0.2, 0.25) is 5.02 Å². The molecular weight excluding hydrogens is 416 g/mol. The highest BCUT2D eigenvalue weighted by molar-refractivity contribution is 7.78. The molecular formula is C19H23ClN4O4S. The minimum atomic E-state index is -0.353. The van der Waals surface area contributed by atoms with Gasteiger partial charge in [0.15, 0.2) is 0 Å². The number of benzene rings is 2. The van der Waals surface area contributed by atoms with Gasteiger partial charge in [-0.1, -0.05) is 36.0 Å². The zero-order valence-corrected chi connectivity index (χ0v) is 17.5. The molecule has 0 amide bonds. The number of nitro groups is 1. The predicted molar refractivity (Wildman–Crippen MR) is 120 cm³/mol. The molecule has 0 atom stereocenters. The first-order valence-electron chi connectivity index (χ1n) is 8.61. The van der Waals surface area contributed by atoms with Crippen LogP contribution in [-0.4, -0.2) is 48.2 Å². The summed E-state index contributed by atoms with van der Waals surface area (Å²) in [6.07, 6.45) is 0. The SMILES string of the molecule is Cc1ccc(N2CCN(c3cccc([N+](=O)[O-])c3)CC2)cc1Cl.NC=S.O=CO. The van der Waals surface area contributed by atoms with Crippen molar-refractivity contribution in [3.8, 4) is 0 Å². The molecule has 0 aromatic heterocycles. The van der Waals surface area contributed by atoms with E-state index in [9.17, 15) is 10.1 Å². The van der Waals surface area contributed by atoms with Crippen LogP contribution in [-0.2, 0) is 4.79 Å². The maximum absolute atomic E-state index is 10.9. The summed E-state index contributed by atoms with van der Waals surface area (Å²) in [5.74, 6) is 0. The Bertz CT molecular complexity index is 824. The number of thiocarbonyl (C=S) groups is 1. The summed E-state index contributed by atoms with van der Waals surface area (Å²) < 4.78 is 0. The molecule has 1 heterocycles. The summed E-state index contributed by atoms with van der Waals surface area (Å²) in [4.78, 5) is 23.4. The van der Waals surface area contributed by atoms with Gasteiger partial charge in [0.2, 0.25) is 0 Å². The molecule has 0 spiro atoms. The Morgan fingerprint density at radius 2 is 1.62 bits per heavy atom. The number of aryl methyl sites for hydroxylation is 1. The number of carbonyl (C=O) groups is 1. The standard InChI is InChI=1S/C17H18ClN3O2.CH3NS.CH2O2/c1-13-5-6-15(12-17(13)18)20-9-7-19(8-10-20)14-3-2-4-16(11-14)21(22)23;2*2-1-3/h2-6,11-12H,7-10H2,1H3;1H,(H2,2,3);1H,(H,2,3). The number of hydrogen-bond donors (Lipinski definition) is 2. The van der Waals surface area contributed by atoms with Gasteiger partial charge in [-0.15, -0.1) is 0 Å². The maximum atomic E-state index is 10.9. The van der Waals surface area contributed by atoms with Gasteiger partial charge in [0, 0.05) is 54.7 Å². The third-order valence-electron chi connectivity index (χ3n) is 4.21. The Morgan fingerprint density at radius 3 is 2.07 bits per heavy atom. The first kappa shape index (κ1) is 24.1. The average molecular weight is 439 g/mol. The quantitative estimate of drug-likeness (QED) is 0.324. The Kier molecular flexibility index (Phi) is 10.4. The Balaban J connectivity index is 0.000000626. The lowest BCUT2D eigenvalue weighted by molar-refractivity contribution is -0.384. The van der Waals surface area contributed by atoms with Gasteiger partial charge >= 0.3 is 0 Å². The van der Waals surface area contributed by atoms with Gasteiger partial charge in [-0.05, 0) is 30.7 Å². The number of non-ortho nitro benzene ring substituents is 1. The molecule has 1 aliphatic rings. The third-order valence-corrected chi connectivity index (χ3v) is 4.61. The van der Waals surface area contributed by atoms with E-state index in [-0.39, 0.29) is 17.1 Å². The molecule has 10 heteroatoms. The number of nitrogens with two attached hydrogens (primary N) is 1. The van der Waals surface area contributed by atoms with Crippen LogP contribution in [0.25, 0.3) is 0 Å². The van der Waals surface area contributed by atoms with E-state index in [1.54, 1.807) is 12.1 Å². The summed E-state index contributed by atoms with van der Waals surface area (Å²) in [5.41, 5.74) is 8.86. The summed E-state index contributed by atoms with van der Waals surface area (Å²) in [6, 6.07) is 12.9. The van der Waals surface area contributed by atoms with E-state index in [0.717, 1.165) is 53.6 Å². The van der Waals surface area contributed by atoms with Crippen molar-refractivity contribution in [3.05, 3.63) is 63.2 Å². The number of piperazine rings is 1. The summed E-state index contributed by atoms with van der Waals surface area (Å²) in [7, 11) is 0. The topological polar surface area (TPSA) is 113 Å². The van der Waals surface area contributed by atoms with E-state index in [2.05, 4.69) is 33.8 Å². The molecule has 8 nitrogen and oxygen atoms in total. The molecule has 156 valence electrons. The minimum Gasteiger partial charge on any atom is -0.483 e. The highest BCUT2D eigenvalue weighted by atomic mass is 35.5. The molecule has 29 heavy (non-hydrogen) atoms. The molecule has 2 aromatic carbocycles. The Hall–Kier alpha value is -2.91. The summed E-state index contributed by atoms with van der Waals surface area (Å²) in [5, 5.41) is 18.6. The van der Waals surface area contributed by atoms with Gasteiger partial charge in [-0.25, -0.2) is 0 Å². The van der Waals surface area contributed by atoms with Gasteiger partial charge in [0.25, 0.3) is 12.2 Å². The van der Waals surface area contributed by atoms with Crippen molar-refractivity contribution < 1.29 is 14.8 Å². The molecule has 0 radical (unpaired) electrons. The maximum Gasteiger partial charge on any atom is 0.290 e. The van der Waals surface area contributed by atoms with Crippen LogP contribution >= 0.6 is 23.8 Å². The van der Waals surface area contributed by atoms with Gasteiger partial charge in [0.1, 0.15) is 0 Å². The van der Waals surface area contributed by atoms with Gasteiger partial charge in [0.05, 0.1) is 10.4 Å². The second kappa shape index (κ2) is 12.5. The van der Waals surface area contributed by atoms with E-state index >= 15 is 0 Å². The number of rotatable bonds is 3. The largest absolute Gasteiger partial charge is 0.483 e. The van der Waals surface area contributed by atoms with Crippen LogP contribution in [0.4, 0.5) is 17.1 Å². The first-order valence-corrected chi connectivity index (χ1v) is 9.46.